The number of benzene rings is 1. The first-order valence-electron chi connectivity index (χ1n) is 6.43. The fourth-order valence-electron chi connectivity index (χ4n) is 2.64. The maximum atomic E-state index is 5.44. The molecule has 1 heterocycles. The van der Waals surface area contributed by atoms with Gasteiger partial charge in [-0.3, -0.25) is 0 Å². The van der Waals surface area contributed by atoms with E-state index in [1.165, 1.54) is 27.8 Å². The van der Waals surface area contributed by atoms with Crippen molar-refractivity contribution in [2.24, 2.45) is 0 Å². The third kappa shape index (κ3) is 2.67. The van der Waals surface area contributed by atoms with E-state index in [2.05, 4.69) is 49.0 Å². The summed E-state index contributed by atoms with van der Waals surface area (Å²) in [5, 5.41) is 7.84. The quantitative estimate of drug-likeness (QED) is 0.911. The minimum atomic E-state index is 0.245. The lowest BCUT2D eigenvalue weighted by Crippen LogP contribution is -2.18. The molecule has 1 aromatic carbocycles. The summed E-state index contributed by atoms with van der Waals surface area (Å²) in [6, 6.07) is 4.67. The fraction of sp³-hybridized carbons (Fsp3) is 0.375. The Morgan fingerprint density at radius 2 is 1.68 bits per heavy atom. The van der Waals surface area contributed by atoms with Crippen LogP contribution in [0.2, 0.25) is 0 Å². The number of aryl methyl sites for hydroxylation is 3. The summed E-state index contributed by atoms with van der Waals surface area (Å²) in [5.74, 6) is 0.987. The van der Waals surface area contributed by atoms with Crippen LogP contribution in [-0.2, 0) is 0 Å². The first kappa shape index (κ1) is 14.1. The molecule has 1 unspecified atom stereocenters. The van der Waals surface area contributed by atoms with Gasteiger partial charge in [-0.05, 0) is 66.4 Å². The number of methoxy groups -OCH3 is 1. The second kappa shape index (κ2) is 5.76. The number of ether oxygens (including phenoxy) is 1. The molecule has 0 radical (unpaired) electrons. The summed E-state index contributed by atoms with van der Waals surface area (Å²) < 4.78 is 5.44. The van der Waals surface area contributed by atoms with Gasteiger partial charge in [-0.2, -0.15) is 11.3 Å². The molecule has 1 atom stereocenters. The van der Waals surface area contributed by atoms with Crippen LogP contribution in [0.5, 0.6) is 5.75 Å². The van der Waals surface area contributed by atoms with E-state index in [0.717, 1.165) is 5.75 Å². The largest absolute Gasteiger partial charge is 0.496 e. The Morgan fingerprint density at radius 1 is 1.05 bits per heavy atom. The van der Waals surface area contributed by atoms with Gasteiger partial charge in [0.2, 0.25) is 0 Å². The van der Waals surface area contributed by atoms with Crippen molar-refractivity contribution in [2.45, 2.75) is 26.8 Å². The zero-order chi connectivity index (χ0) is 14.0. The SMILES string of the molecule is CNC(c1cc(C)c(OC)c(C)c1)c1cscc1C. The Kier molecular flexibility index (Phi) is 4.27. The van der Waals surface area contributed by atoms with Crippen LogP contribution < -0.4 is 10.1 Å². The van der Waals surface area contributed by atoms with Crippen LogP contribution in [0.15, 0.2) is 22.9 Å². The molecule has 2 rings (SSSR count). The molecule has 0 aliphatic heterocycles. The van der Waals surface area contributed by atoms with Gasteiger partial charge in [0, 0.05) is 0 Å². The van der Waals surface area contributed by atoms with Crippen LogP contribution in [-0.4, -0.2) is 14.2 Å². The Morgan fingerprint density at radius 3 is 2.11 bits per heavy atom. The maximum absolute atomic E-state index is 5.44. The summed E-state index contributed by atoms with van der Waals surface area (Å²) in [6.45, 7) is 6.37. The van der Waals surface area contributed by atoms with E-state index in [9.17, 15) is 0 Å². The molecule has 0 bridgehead atoms. The van der Waals surface area contributed by atoms with Gasteiger partial charge >= 0.3 is 0 Å². The number of hydrogen-bond donors (Lipinski definition) is 1. The van der Waals surface area contributed by atoms with Crippen LogP contribution >= 0.6 is 11.3 Å². The highest BCUT2D eigenvalue weighted by Gasteiger charge is 2.17. The maximum Gasteiger partial charge on any atom is 0.124 e. The molecular weight excluding hydrogens is 254 g/mol. The Balaban J connectivity index is 2.48. The number of rotatable bonds is 4. The highest BCUT2D eigenvalue weighted by Crippen LogP contribution is 2.32. The third-order valence-corrected chi connectivity index (χ3v) is 4.39. The van der Waals surface area contributed by atoms with E-state index in [4.69, 9.17) is 4.74 Å². The van der Waals surface area contributed by atoms with E-state index in [1.807, 2.05) is 7.05 Å². The zero-order valence-corrected chi connectivity index (χ0v) is 13.0. The highest BCUT2D eigenvalue weighted by molar-refractivity contribution is 7.08. The van der Waals surface area contributed by atoms with Gasteiger partial charge in [0.05, 0.1) is 13.2 Å². The number of nitrogens with one attached hydrogen (secondary N) is 1. The van der Waals surface area contributed by atoms with E-state index < -0.39 is 0 Å². The van der Waals surface area contributed by atoms with Crippen molar-refractivity contribution >= 4 is 11.3 Å². The molecule has 0 fully saturated rings. The van der Waals surface area contributed by atoms with Gasteiger partial charge in [-0.25, -0.2) is 0 Å². The third-order valence-electron chi connectivity index (χ3n) is 3.51. The molecular formula is C16H21NOS. The van der Waals surface area contributed by atoms with Gasteiger partial charge in [-0.1, -0.05) is 12.1 Å². The van der Waals surface area contributed by atoms with Crippen LogP contribution in [0, 0.1) is 20.8 Å². The average molecular weight is 275 g/mol. The molecule has 0 saturated carbocycles. The van der Waals surface area contributed by atoms with Gasteiger partial charge in [-0.15, -0.1) is 0 Å². The first-order valence-corrected chi connectivity index (χ1v) is 7.37. The van der Waals surface area contributed by atoms with Crippen molar-refractivity contribution in [3.8, 4) is 5.75 Å². The predicted octanol–water partition coefficient (Wildman–Crippen LogP) is 3.99. The van der Waals surface area contributed by atoms with Crippen molar-refractivity contribution in [1.82, 2.24) is 5.32 Å². The molecule has 0 aliphatic carbocycles. The molecule has 0 spiro atoms. The highest BCUT2D eigenvalue weighted by atomic mass is 32.1. The van der Waals surface area contributed by atoms with Crippen LogP contribution in [0.4, 0.5) is 0 Å². The topological polar surface area (TPSA) is 21.3 Å². The molecule has 2 nitrogen and oxygen atoms in total. The number of thiophene rings is 1. The Labute approximate surface area is 119 Å². The van der Waals surface area contributed by atoms with Crippen LogP contribution in [0.3, 0.4) is 0 Å². The lowest BCUT2D eigenvalue weighted by Gasteiger charge is -2.20. The average Bonchev–Trinajstić information content (AvgIpc) is 2.77. The van der Waals surface area contributed by atoms with Crippen molar-refractivity contribution in [3.63, 3.8) is 0 Å². The summed E-state index contributed by atoms with van der Waals surface area (Å²) in [6.07, 6.45) is 0. The van der Waals surface area contributed by atoms with Crippen molar-refractivity contribution < 1.29 is 4.74 Å². The monoisotopic (exact) mass is 275 g/mol. The van der Waals surface area contributed by atoms with Gasteiger partial charge in [0.1, 0.15) is 5.75 Å². The van der Waals surface area contributed by atoms with Gasteiger partial charge in [0.25, 0.3) is 0 Å². The van der Waals surface area contributed by atoms with E-state index in [0.29, 0.717) is 0 Å². The van der Waals surface area contributed by atoms with E-state index in [-0.39, 0.29) is 6.04 Å². The zero-order valence-electron chi connectivity index (χ0n) is 12.2. The predicted molar refractivity (Wildman–Crippen MR) is 82.4 cm³/mol. The van der Waals surface area contributed by atoms with Crippen molar-refractivity contribution in [3.05, 3.63) is 50.7 Å². The minimum Gasteiger partial charge on any atom is -0.496 e. The second-order valence-electron chi connectivity index (χ2n) is 4.92. The van der Waals surface area contributed by atoms with Crippen molar-refractivity contribution in [2.75, 3.05) is 14.2 Å². The fourth-order valence-corrected chi connectivity index (χ4v) is 3.52. The standard InChI is InChI=1S/C16H21NOS/c1-10-6-13(7-11(2)16(10)18-5)15(17-4)14-9-19-8-12(14)3/h6-9,15,17H,1-5H3. The second-order valence-corrected chi connectivity index (χ2v) is 5.66. The van der Waals surface area contributed by atoms with Gasteiger partial charge in [0.15, 0.2) is 0 Å². The van der Waals surface area contributed by atoms with E-state index >= 15 is 0 Å². The smallest absolute Gasteiger partial charge is 0.124 e. The molecule has 2 aromatic rings. The minimum absolute atomic E-state index is 0.245. The molecule has 102 valence electrons. The summed E-state index contributed by atoms with van der Waals surface area (Å²) >= 11 is 1.76. The molecule has 19 heavy (non-hydrogen) atoms. The summed E-state index contributed by atoms with van der Waals surface area (Å²) in [5.41, 5.74) is 6.36. The normalized spacial score (nSPS) is 12.5. The Bertz CT molecular complexity index is 551. The molecule has 1 N–H and O–H groups in total. The van der Waals surface area contributed by atoms with Crippen LogP contribution in [0.25, 0.3) is 0 Å². The number of hydrogen-bond acceptors (Lipinski definition) is 3. The van der Waals surface area contributed by atoms with Gasteiger partial charge < -0.3 is 10.1 Å². The molecule has 3 heteroatoms. The lowest BCUT2D eigenvalue weighted by atomic mass is 9.95. The lowest BCUT2D eigenvalue weighted by molar-refractivity contribution is 0.408. The summed E-state index contributed by atoms with van der Waals surface area (Å²) in [4.78, 5) is 0. The van der Waals surface area contributed by atoms with Crippen molar-refractivity contribution in [1.29, 1.82) is 0 Å². The molecule has 0 saturated heterocycles. The Hall–Kier alpha value is -1.32. The first-order chi connectivity index (χ1) is 9.08. The summed E-state index contributed by atoms with van der Waals surface area (Å²) in [7, 11) is 3.74. The van der Waals surface area contributed by atoms with Crippen LogP contribution in [0.1, 0.15) is 33.9 Å². The van der Waals surface area contributed by atoms with E-state index in [1.54, 1.807) is 18.4 Å². The molecule has 0 aliphatic rings. The molecule has 0 amide bonds. The molecule has 1 aromatic heterocycles.